The molecule has 0 aliphatic rings. The summed E-state index contributed by atoms with van der Waals surface area (Å²) in [5.41, 5.74) is 0. The molecule has 5 heavy (non-hydrogen) atoms. The van der Waals surface area contributed by atoms with E-state index in [-0.39, 0.29) is 0 Å². The third-order valence-electron chi connectivity index (χ3n) is 0.183. The molecule has 0 radical (unpaired) electrons. The zero-order chi connectivity index (χ0) is 4.12. The molecule has 0 rings (SSSR count). The maximum atomic E-state index is 4.01. The van der Waals surface area contributed by atoms with E-state index in [2.05, 4.69) is 23.7 Å². The summed E-state index contributed by atoms with van der Waals surface area (Å²) in [5.74, 6) is 0.990. The Balaban J connectivity index is 2.19. The molecule has 0 nitrogen and oxygen atoms in total. The van der Waals surface area contributed by atoms with Crippen LogP contribution in [0.2, 0.25) is 5.32 Å². The molecule has 0 amide bonds. The molecule has 0 fully saturated rings. The molecule has 0 spiro atoms. The quantitative estimate of drug-likeness (QED) is 0.449. The number of thiol groups is 2. The van der Waals surface area contributed by atoms with Crippen LogP contribution < -0.4 is 0 Å². The Morgan fingerprint density at radius 3 is 2.20 bits per heavy atom. The van der Waals surface area contributed by atoms with Crippen LogP contribution in [0.4, 0.5) is 0 Å². The zero-order valence-electron chi connectivity index (χ0n) is 2.72. The molecule has 0 aromatic rings. The fourth-order valence-corrected chi connectivity index (χ4v) is 1.91. The van der Waals surface area contributed by atoms with Crippen molar-refractivity contribution in [3.63, 3.8) is 0 Å². The number of rotatable bonds is 2. The molecule has 3 heteroatoms. The van der Waals surface area contributed by atoms with Crippen molar-refractivity contribution in [3.05, 3.63) is 0 Å². The van der Waals surface area contributed by atoms with E-state index in [1.54, 1.807) is 0 Å². The second-order valence-electron chi connectivity index (χ2n) is 0.557. The SMILES string of the molecule is SCC[Se]S. The van der Waals surface area contributed by atoms with Crippen LogP contribution in [-0.4, -0.2) is 19.6 Å². The van der Waals surface area contributed by atoms with Gasteiger partial charge in [-0.05, 0) is 0 Å². The van der Waals surface area contributed by atoms with Crippen LogP contribution in [0.15, 0.2) is 0 Å². The van der Waals surface area contributed by atoms with E-state index < -0.39 is 0 Å². The van der Waals surface area contributed by atoms with Crippen molar-refractivity contribution in [1.82, 2.24) is 0 Å². The predicted molar refractivity (Wildman–Crippen MR) is 33.4 cm³/mol. The van der Waals surface area contributed by atoms with Crippen LogP contribution in [0.1, 0.15) is 0 Å². The molecule has 0 bridgehead atoms. The van der Waals surface area contributed by atoms with Gasteiger partial charge in [-0.1, -0.05) is 0 Å². The second kappa shape index (κ2) is 5.22. The third kappa shape index (κ3) is 5.22. The summed E-state index contributed by atoms with van der Waals surface area (Å²) in [5, 5.41) is 1.18. The van der Waals surface area contributed by atoms with Crippen LogP contribution in [0.3, 0.4) is 0 Å². The molecular formula is C2H6S2Se. The first kappa shape index (κ1) is 6.22. The van der Waals surface area contributed by atoms with Crippen molar-refractivity contribution in [2.75, 3.05) is 5.75 Å². The minimum atomic E-state index is 0.543. The molecule has 0 saturated heterocycles. The Morgan fingerprint density at radius 1 is 1.60 bits per heavy atom. The monoisotopic (exact) mass is 174 g/mol. The molecule has 0 saturated carbocycles. The molecule has 0 heterocycles. The van der Waals surface area contributed by atoms with Crippen molar-refractivity contribution in [1.29, 1.82) is 0 Å². The van der Waals surface area contributed by atoms with Crippen molar-refractivity contribution < 1.29 is 0 Å². The van der Waals surface area contributed by atoms with E-state index in [4.69, 9.17) is 0 Å². The summed E-state index contributed by atoms with van der Waals surface area (Å²) >= 11 is 8.53. The van der Waals surface area contributed by atoms with Gasteiger partial charge >= 0.3 is 48.6 Å². The third-order valence-corrected chi connectivity index (χ3v) is 2.85. The molecule has 0 aliphatic heterocycles. The Labute approximate surface area is 48.8 Å². The molecule has 0 unspecified atom stereocenters. The van der Waals surface area contributed by atoms with Gasteiger partial charge in [0.2, 0.25) is 0 Å². The van der Waals surface area contributed by atoms with Crippen LogP contribution in [0, 0.1) is 0 Å². The second-order valence-corrected chi connectivity index (χ2v) is 3.74. The number of hydrogen-bond acceptors (Lipinski definition) is 2. The van der Waals surface area contributed by atoms with E-state index in [9.17, 15) is 0 Å². The average molecular weight is 173 g/mol. The van der Waals surface area contributed by atoms with Crippen LogP contribution in [-0.2, 0) is 0 Å². The number of hydrogen-bond donors (Lipinski definition) is 2. The summed E-state index contributed by atoms with van der Waals surface area (Å²) < 4.78 is 0. The van der Waals surface area contributed by atoms with Gasteiger partial charge in [0, 0.05) is 0 Å². The van der Waals surface area contributed by atoms with Gasteiger partial charge in [-0.15, -0.1) is 0 Å². The van der Waals surface area contributed by atoms with Crippen molar-refractivity contribution in [2.45, 2.75) is 5.32 Å². The van der Waals surface area contributed by atoms with E-state index >= 15 is 0 Å². The maximum absolute atomic E-state index is 4.01. The van der Waals surface area contributed by atoms with Crippen molar-refractivity contribution in [3.8, 4) is 0 Å². The van der Waals surface area contributed by atoms with Gasteiger partial charge in [-0.25, -0.2) is 0 Å². The van der Waals surface area contributed by atoms with Gasteiger partial charge < -0.3 is 0 Å². The fourth-order valence-electron chi connectivity index (χ4n) is 0.0408. The average Bonchev–Trinajstić information content (AvgIpc) is 1.41. The van der Waals surface area contributed by atoms with Gasteiger partial charge in [0.05, 0.1) is 0 Å². The normalized spacial score (nSPS) is 8.40. The fraction of sp³-hybridized carbons (Fsp3) is 1.00. The summed E-state index contributed by atoms with van der Waals surface area (Å²) in [6.07, 6.45) is 0. The summed E-state index contributed by atoms with van der Waals surface area (Å²) in [6, 6.07) is 0. The van der Waals surface area contributed by atoms with Crippen molar-refractivity contribution in [2.24, 2.45) is 0 Å². The Hall–Kier alpha value is 1.22. The molecule has 0 atom stereocenters. The topological polar surface area (TPSA) is 0 Å². The zero-order valence-corrected chi connectivity index (χ0v) is 6.22. The van der Waals surface area contributed by atoms with Crippen LogP contribution in [0.25, 0.3) is 0 Å². The Morgan fingerprint density at radius 2 is 2.20 bits per heavy atom. The van der Waals surface area contributed by atoms with E-state index in [0.717, 1.165) is 5.75 Å². The molecule has 0 aromatic carbocycles. The summed E-state index contributed by atoms with van der Waals surface area (Å²) in [4.78, 5) is 0. The van der Waals surface area contributed by atoms with E-state index in [1.807, 2.05) is 0 Å². The summed E-state index contributed by atoms with van der Waals surface area (Å²) in [7, 11) is 0. The van der Waals surface area contributed by atoms with Gasteiger partial charge in [0.15, 0.2) is 0 Å². The molecule has 32 valence electrons. The molecule has 0 aromatic heterocycles. The van der Waals surface area contributed by atoms with Crippen LogP contribution >= 0.6 is 23.7 Å². The Kier molecular flexibility index (Phi) is 6.49. The molecular weight excluding hydrogens is 167 g/mol. The van der Waals surface area contributed by atoms with Crippen molar-refractivity contribution >= 4 is 37.5 Å². The van der Waals surface area contributed by atoms with Gasteiger partial charge in [0.25, 0.3) is 0 Å². The summed E-state index contributed by atoms with van der Waals surface area (Å²) in [6.45, 7) is 0. The molecule has 0 N–H and O–H groups in total. The first-order chi connectivity index (χ1) is 2.41. The Bertz CT molecular complexity index is 15.1. The standard InChI is InChI=1S/C2H6S2Se/c3-1-2-5-4/h3-4H,1-2H2. The van der Waals surface area contributed by atoms with Gasteiger partial charge in [-0.2, -0.15) is 0 Å². The van der Waals surface area contributed by atoms with Crippen LogP contribution in [0.5, 0.6) is 0 Å². The first-order valence-electron chi connectivity index (χ1n) is 1.29. The molecule has 0 aliphatic carbocycles. The van der Waals surface area contributed by atoms with Gasteiger partial charge in [0.1, 0.15) is 0 Å². The van der Waals surface area contributed by atoms with E-state index in [0.29, 0.717) is 13.8 Å². The minimum absolute atomic E-state index is 0.543. The predicted octanol–water partition coefficient (Wildman–Crippen LogP) is 0.883. The van der Waals surface area contributed by atoms with E-state index in [1.165, 1.54) is 5.32 Å². The van der Waals surface area contributed by atoms with Gasteiger partial charge in [-0.3, -0.25) is 0 Å². The first-order valence-corrected chi connectivity index (χ1v) is 5.79.